The Morgan fingerprint density at radius 1 is 1.18 bits per heavy atom. The second-order valence-electron chi connectivity index (χ2n) is 11.6. The van der Waals surface area contributed by atoms with Crippen molar-refractivity contribution < 1.29 is 39.6 Å². The number of aliphatic hydroxyl groups excluding tert-OH is 2. The quantitative estimate of drug-likeness (QED) is 0.143. The third-order valence-electron chi connectivity index (χ3n) is 8.98. The van der Waals surface area contributed by atoms with Crippen LogP contribution >= 0.6 is 44.5 Å². The van der Waals surface area contributed by atoms with Gasteiger partial charge in [0.15, 0.2) is 17.1 Å². The Kier molecular flexibility index (Phi) is 9.37. The fourth-order valence-electron chi connectivity index (χ4n) is 6.80. The van der Waals surface area contributed by atoms with Crippen LogP contribution in [0, 0.1) is 11.8 Å². The number of ketones is 2. The lowest BCUT2D eigenvalue weighted by molar-refractivity contribution is -0.148. The number of rotatable bonds is 6. The van der Waals surface area contributed by atoms with Crippen LogP contribution in [0.3, 0.4) is 0 Å². The number of anilines is 1. The summed E-state index contributed by atoms with van der Waals surface area (Å²) in [7, 11) is 3.11. The van der Waals surface area contributed by atoms with Crippen LogP contribution in [-0.2, 0) is 25.1 Å². The van der Waals surface area contributed by atoms with Gasteiger partial charge in [0.2, 0.25) is 11.7 Å². The zero-order valence-corrected chi connectivity index (χ0v) is 28.5. The van der Waals surface area contributed by atoms with E-state index in [1.807, 2.05) is 0 Å². The van der Waals surface area contributed by atoms with Crippen molar-refractivity contribution in [1.82, 2.24) is 4.90 Å². The molecule has 7 N–H and O–H groups in total. The molecule has 2 amide bonds. The molecule has 14 heteroatoms. The first kappa shape index (κ1) is 34.6. The summed E-state index contributed by atoms with van der Waals surface area (Å²) in [5, 5.41) is 48.0. The van der Waals surface area contributed by atoms with E-state index in [2.05, 4.69) is 21.2 Å². The minimum atomic E-state index is -2.75. The van der Waals surface area contributed by atoms with E-state index in [1.165, 1.54) is 11.0 Å². The highest BCUT2D eigenvalue weighted by molar-refractivity contribution is 9.10. The molecular formula is C31H32Br2ClN3O8. The summed E-state index contributed by atoms with van der Waals surface area (Å²) in [6.45, 7) is 1.79. The Morgan fingerprint density at radius 3 is 2.36 bits per heavy atom. The Hall–Kier alpha value is -3.23. The number of alkyl halides is 1. The van der Waals surface area contributed by atoms with Crippen molar-refractivity contribution in [3.8, 4) is 5.75 Å². The first-order valence-corrected chi connectivity index (χ1v) is 15.0. The van der Waals surface area contributed by atoms with E-state index in [1.54, 1.807) is 51.4 Å². The molecule has 3 unspecified atom stereocenters. The summed E-state index contributed by atoms with van der Waals surface area (Å²) in [5.74, 6) is -8.23. The molecule has 5 atom stereocenters. The van der Waals surface area contributed by atoms with Gasteiger partial charge in [-0.15, -0.1) is 17.0 Å². The molecular weight excluding hydrogens is 738 g/mol. The number of likely N-dealkylation sites (N-methyl/N-ethyl adjacent to an activating group) is 1. The van der Waals surface area contributed by atoms with Crippen molar-refractivity contribution in [2.75, 3.05) is 19.4 Å². The van der Waals surface area contributed by atoms with Gasteiger partial charge in [-0.05, 0) is 56.5 Å². The fourth-order valence-corrected chi connectivity index (χ4v) is 7.43. The topological polar surface area (TPSA) is 190 Å². The van der Waals surface area contributed by atoms with Crippen molar-refractivity contribution in [1.29, 1.82) is 0 Å². The summed E-state index contributed by atoms with van der Waals surface area (Å²) in [6.07, 6.45) is 0.340. The van der Waals surface area contributed by atoms with Gasteiger partial charge in [-0.25, -0.2) is 0 Å². The molecule has 0 fully saturated rings. The predicted molar refractivity (Wildman–Crippen MR) is 175 cm³/mol. The molecule has 0 aliphatic heterocycles. The van der Waals surface area contributed by atoms with E-state index >= 15 is 0 Å². The third kappa shape index (κ3) is 5.09. The molecule has 240 valence electrons. The number of phenolic OH excluding ortho intramolecular Hbond substituents is 1. The van der Waals surface area contributed by atoms with Gasteiger partial charge in [0.05, 0.1) is 16.6 Å². The number of aromatic hydroxyl groups is 1. The Morgan fingerprint density at radius 2 is 1.80 bits per heavy atom. The molecule has 2 aromatic carbocycles. The number of allylic oxidation sites excluding steroid dienone is 1. The zero-order chi connectivity index (χ0) is 32.5. The molecule has 45 heavy (non-hydrogen) atoms. The number of benzene rings is 2. The number of nitrogens with zero attached hydrogens (tertiary/aromatic N) is 1. The van der Waals surface area contributed by atoms with Gasteiger partial charge in [-0.1, -0.05) is 64.8 Å². The van der Waals surface area contributed by atoms with Gasteiger partial charge >= 0.3 is 0 Å². The number of phenols is 1. The maximum absolute atomic E-state index is 14.0. The summed E-state index contributed by atoms with van der Waals surface area (Å²) in [6, 6.07) is 9.23. The van der Waals surface area contributed by atoms with Crippen molar-refractivity contribution >= 4 is 73.6 Å². The normalized spacial score (nSPS) is 25.5. The Labute approximate surface area is 282 Å². The number of fused-ring (bicyclic) bond motifs is 3. The lowest BCUT2D eigenvalue weighted by Crippen LogP contribution is -2.63. The van der Waals surface area contributed by atoms with Crippen LogP contribution in [0.5, 0.6) is 5.75 Å². The van der Waals surface area contributed by atoms with E-state index in [0.717, 1.165) is 0 Å². The number of halogens is 3. The molecule has 5 rings (SSSR count). The largest absolute Gasteiger partial charge is 0.510 e. The van der Waals surface area contributed by atoms with E-state index < -0.39 is 74.0 Å². The number of carbonyl (C=O) groups excluding carboxylic acids is 4. The number of hydrogen-bond donors (Lipinski definition) is 6. The number of hydrogen-bond acceptors (Lipinski definition) is 9. The molecule has 0 aromatic heterocycles. The predicted octanol–water partition coefficient (Wildman–Crippen LogP) is 3.99. The number of nitrogens with two attached hydrogens (primary N) is 1. The van der Waals surface area contributed by atoms with Crippen LogP contribution in [0.1, 0.15) is 41.3 Å². The molecule has 0 bridgehead atoms. The van der Waals surface area contributed by atoms with Gasteiger partial charge in [0.25, 0.3) is 5.91 Å². The number of primary amides is 1. The van der Waals surface area contributed by atoms with E-state index in [-0.39, 0.29) is 51.7 Å². The molecule has 0 radical (unpaired) electrons. The van der Waals surface area contributed by atoms with Gasteiger partial charge in [-0.3, -0.25) is 24.1 Å². The highest BCUT2D eigenvalue weighted by Crippen LogP contribution is 2.53. The van der Waals surface area contributed by atoms with Crippen LogP contribution in [-0.4, -0.2) is 74.4 Å². The maximum atomic E-state index is 14.0. The fraction of sp³-hybridized carbons (Fsp3) is 0.355. The van der Waals surface area contributed by atoms with E-state index in [9.17, 15) is 39.6 Å². The smallest absolute Gasteiger partial charge is 0.255 e. The average Bonchev–Trinajstić information content (AvgIpc) is 2.96. The number of aliphatic hydroxyl groups is 3. The Balaban J connectivity index is 0.00000461. The van der Waals surface area contributed by atoms with Crippen LogP contribution in [0.4, 0.5) is 5.69 Å². The summed E-state index contributed by atoms with van der Waals surface area (Å²) < 4.78 is -1.20. The summed E-state index contributed by atoms with van der Waals surface area (Å²) in [4.78, 5) is 54.6. The first-order chi connectivity index (χ1) is 20.6. The minimum Gasteiger partial charge on any atom is -0.510 e. The van der Waals surface area contributed by atoms with E-state index in [4.69, 9.17) is 17.3 Å². The minimum absolute atomic E-state index is 0. The van der Waals surface area contributed by atoms with Crippen molar-refractivity contribution in [2.45, 2.75) is 42.2 Å². The SMILES string of the molecule is Br.CCC(Br)(C(=O)Nc1c(Cl)cc2c(c1O)C(=O)C1=C(O)[C@]3(O)C(=O)C(C(N)=O)=C(O)[C@@H](N(C)C)C3CC1C2)c1ccccc1. The van der Waals surface area contributed by atoms with Gasteiger partial charge in [0.1, 0.15) is 27.1 Å². The monoisotopic (exact) mass is 767 g/mol. The molecule has 2 aromatic rings. The highest BCUT2D eigenvalue weighted by atomic mass is 79.9. The van der Waals surface area contributed by atoms with Crippen molar-refractivity contribution in [2.24, 2.45) is 17.6 Å². The van der Waals surface area contributed by atoms with Crippen LogP contribution in [0.25, 0.3) is 0 Å². The van der Waals surface area contributed by atoms with Crippen LogP contribution in [0.15, 0.2) is 59.1 Å². The number of Topliss-reactive ketones (excluding diaryl/α,β-unsaturated/α-hetero) is 2. The second-order valence-corrected chi connectivity index (χ2v) is 13.3. The molecule has 3 aliphatic rings. The molecule has 3 aliphatic carbocycles. The average molecular weight is 770 g/mol. The lowest BCUT2D eigenvalue weighted by atomic mass is 9.58. The third-order valence-corrected chi connectivity index (χ3v) is 10.7. The maximum Gasteiger partial charge on any atom is 0.255 e. The number of amides is 2. The Bertz CT molecular complexity index is 1700. The van der Waals surface area contributed by atoms with Crippen molar-refractivity contribution in [3.05, 3.63) is 80.8 Å². The van der Waals surface area contributed by atoms with Crippen LogP contribution < -0.4 is 11.1 Å². The summed E-state index contributed by atoms with van der Waals surface area (Å²) >= 11 is 10.1. The molecule has 0 spiro atoms. The highest BCUT2D eigenvalue weighted by Gasteiger charge is 2.63. The van der Waals surface area contributed by atoms with Gasteiger partial charge in [-0.2, -0.15) is 0 Å². The molecule has 0 saturated heterocycles. The zero-order valence-electron chi connectivity index (χ0n) is 24.4. The standard InChI is InChI=1S/C31H31BrClN3O8.BrH/c1-4-30(32,15-8-6-5-7-9-15)29(43)35-21-17(33)12-14-10-13-11-16-22(36(2)3)25(39)20(28(34)42)27(41)31(16,44)26(40)19(13)23(37)18(14)24(21)38;/h5-9,12-13,16,22,38-40,44H,4,10-11H2,1-3H3,(H2,34,42)(H,35,43);1H/t13?,16?,22-,30?,31-;/m0./s1. The lowest BCUT2D eigenvalue weighted by Gasteiger charge is -2.50. The van der Waals surface area contributed by atoms with Gasteiger partial charge < -0.3 is 31.5 Å². The number of carbonyl (C=O) groups is 4. The molecule has 11 nitrogen and oxygen atoms in total. The van der Waals surface area contributed by atoms with Crippen LogP contribution in [0.2, 0.25) is 5.02 Å². The second kappa shape index (κ2) is 12.2. The molecule has 0 saturated carbocycles. The number of nitrogens with one attached hydrogen (secondary N) is 1. The van der Waals surface area contributed by atoms with Gasteiger partial charge in [0, 0.05) is 11.5 Å². The van der Waals surface area contributed by atoms with E-state index in [0.29, 0.717) is 17.5 Å². The van der Waals surface area contributed by atoms with Crippen molar-refractivity contribution in [3.63, 3.8) is 0 Å². The molecule has 0 heterocycles. The first-order valence-electron chi connectivity index (χ1n) is 13.9. The summed E-state index contributed by atoms with van der Waals surface area (Å²) in [5.41, 5.74) is 1.91.